The van der Waals surface area contributed by atoms with Gasteiger partial charge in [-0.1, -0.05) is 18.7 Å². The Balaban J connectivity index is 1.42. The molecule has 1 saturated heterocycles. The lowest BCUT2D eigenvalue weighted by molar-refractivity contribution is -0.111. The molecule has 3 N–H and O–H groups in total. The lowest BCUT2D eigenvalue weighted by Crippen LogP contribution is -2.36. The predicted molar refractivity (Wildman–Crippen MR) is 135 cm³/mol. The van der Waals surface area contributed by atoms with Crippen LogP contribution in [0.2, 0.25) is 0 Å². The van der Waals surface area contributed by atoms with Gasteiger partial charge in [0.2, 0.25) is 11.9 Å². The summed E-state index contributed by atoms with van der Waals surface area (Å²) in [6.45, 7) is 6.04. The van der Waals surface area contributed by atoms with Gasteiger partial charge in [0.25, 0.3) is 5.56 Å². The number of carbonyl (C=O) groups excluding carboxylic acids is 1. The molecule has 1 aliphatic rings. The maximum absolute atomic E-state index is 14.8. The van der Waals surface area contributed by atoms with E-state index >= 15 is 0 Å². The summed E-state index contributed by atoms with van der Waals surface area (Å²) in [4.78, 5) is 41.9. The summed E-state index contributed by atoms with van der Waals surface area (Å²) in [5, 5.41) is 5.71. The molecule has 1 amide bonds. The second kappa shape index (κ2) is 9.92. The van der Waals surface area contributed by atoms with Gasteiger partial charge in [0.1, 0.15) is 17.0 Å². The third-order valence-corrected chi connectivity index (χ3v) is 5.63. The molecule has 2 aromatic heterocycles. The van der Waals surface area contributed by atoms with E-state index in [-0.39, 0.29) is 34.4 Å². The van der Waals surface area contributed by atoms with Crippen LogP contribution in [0.3, 0.4) is 0 Å². The number of benzene rings is 2. The number of anilines is 4. The highest BCUT2D eigenvalue weighted by atomic mass is 19.1. The van der Waals surface area contributed by atoms with Crippen molar-refractivity contribution in [3.63, 3.8) is 0 Å². The number of ether oxygens (including phenoxy) is 1. The van der Waals surface area contributed by atoms with E-state index in [4.69, 9.17) is 4.74 Å². The summed E-state index contributed by atoms with van der Waals surface area (Å²) in [5.41, 5.74) is 1.75. The number of aromatic nitrogens is 4. The molecular formula is C25H22FN7O3. The Hall–Kier alpha value is -4.64. The molecule has 4 aromatic rings. The monoisotopic (exact) mass is 487 g/mol. The lowest BCUT2D eigenvalue weighted by Gasteiger charge is -2.29. The van der Waals surface area contributed by atoms with E-state index in [1.807, 2.05) is 6.07 Å². The number of H-pyrrole nitrogens is 1. The third-order valence-electron chi connectivity index (χ3n) is 5.63. The van der Waals surface area contributed by atoms with Gasteiger partial charge in [-0.05, 0) is 36.4 Å². The molecular weight excluding hydrogens is 465 g/mol. The van der Waals surface area contributed by atoms with Crippen LogP contribution >= 0.6 is 0 Å². The van der Waals surface area contributed by atoms with Crippen molar-refractivity contribution in [1.29, 1.82) is 0 Å². The summed E-state index contributed by atoms with van der Waals surface area (Å²) < 4.78 is 20.2. The summed E-state index contributed by atoms with van der Waals surface area (Å²) >= 11 is 0. The quantitative estimate of drug-likeness (QED) is 0.354. The van der Waals surface area contributed by atoms with Crippen LogP contribution in [-0.4, -0.2) is 52.1 Å². The first-order valence-corrected chi connectivity index (χ1v) is 11.2. The Bertz CT molecular complexity index is 1520. The molecule has 3 heterocycles. The largest absolute Gasteiger partial charge is 0.378 e. The fourth-order valence-corrected chi connectivity index (χ4v) is 3.81. The summed E-state index contributed by atoms with van der Waals surface area (Å²) in [7, 11) is 0. The van der Waals surface area contributed by atoms with Crippen molar-refractivity contribution >= 4 is 40.0 Å². The molecule has 0 spiro atoms. The number of fused-ring (bicyclic) bond motifs is 1. The van der Waals surface area contributed by atoms with Crippen molar-refractivity contribution in [2.75, 3.05) is 41.8 Å². The molecule has 0 bridgehead atoms. The maximum Gasteiger partial charge on any atom is 0.262 e. The number of rotatable bonds is 6. The zero-order valence-corrected chi connectivity index (χ0v) is 19.1. The maximum atomic E-state index is 14.8. The highest BCUT2D eigenvalue weighted by molar-refractivity contribution is 5.99. The zero-order valence-electron chi connectivity index (χ0n) is 19.1. The molecule has 0 radical (unpaired) electrons. The van der Waals surface area contributed by atoms with Gasteiger partial charge in [0.15, 0.2) is 5.65 Å². The van der Waals surface area contributed by atoms with E-state index in [1.54, 1.807) is 30.3 Å². The molecule has 2 aromatic carbocycles. The molecule has 0 saturated carbocycles. The van der Waals surface area contributed by atoms with Crippen LogP contribution in [0.1, 0.15) is 0 Å². The molecule has 0 atom stereocenters. The molecule has 182 valence electrons. The predicted octanol–water partition coefficient (Wildman–Crippen LogP) is 3.22. The first kappa shape index (κ1) is 23.1. The molecule has 0 aliphatic carbocycles. The Kier molecular flexibility index (Phi) is 6.37. The third kappa shape index (κ3) is 4.91. The van der Waals surface area contributed by atoms with Crippen LogP contribution in [-0.2, 0) is 9.53 Å². The lowest BCUT2D eigenvalue weighted by atomic mass is 10.2. The number of morpholine rings is 1. The minimum absolute atomic E-state index is 0.0940. The van der Waals surface area contributed by atoms with Gasteiger partial charge in [-0.15, -0.1) is 0 Å². The fourth-order valence-electron chi connectivity index (χ4n) is 3.81. The van der Waals surface area contributed by atoms with E-state index in [0.29, 0.717) is 37.6 Å². The van der Waals surface area contributed by atoms with Crippen molar-refractivity contribution in [2.45, 2.75) is 0 Å². The highest BCUT2D eigenvalue weighted by Crippen LogP contribution is 2.25. The van der Waals surface area contributed by atoms with Crippen LogP contribution in [0.5, 0.6) is 0 Å². The number of carbonyl (C=O) groups is 1. The molecule has 36 heavy (non-hydrogen) atoms. The van der Waals surface area contributed by atoms with Crippen molar-refractivity contribution < 1.29 is 13.9 Å². The second-order valence-electron chi connectivity index (χ2n) is 8.01. The topological polar surface area (TPSA) is 125 Å². The second-order valence-corrected chi connectivity index (χ2v) is 8.01. The number of hydrogen-bond acceptors (Lipinski definition) is 8. The Morgan fingerprint density at radius 2 is 2.00 bits per heavy atom. The van der Waals surface area contributed by atoms with Gasteiger partial charge in [-0.2, -0.15) is 4.98 Å². The van der Waals surface area contributed by atoms with E-state index in [9.17, 15) is 14.0 Å². The number of hydrogen-bond donors (Lipinski definition) is 3. The normalized spacial score (nSPS) is 13.4. The Morgan fingerprint density at radius 3 is 2.78 bits per heavy atom. The van der Waals surface area contributed by atoms with Crippen LogP contribution in [0, 0.1) is 5.82 Å². The zero-order chi connectivity index (χ0) is 25.1. The number of amides is 1. The molecule has 11 heteroatoms. The van der Waals surface area contributed by atoms with E-state index in [1.165, 1.54) is 12.3 Å². The summed E-state index contributed by atoms with van der Waals surface area (Å²) in [5.74, 6) is -0.467. The first-order chi connectivity index (χ1) is 17.5. The van der Waals surface area contributed by atoms with Crippen LogP contribution in [0.25, 0.3) is 22.4 Å². The number of aromatic amines is 1. The van der Waals surface area contributed by atoms with E-state index in [2.05, 4.69) is 42.0 Å². The Labute approximate surface area is 204 Å². The standard InChI is InChI=1S/C25H22FN7O3/c1-2-21(34)28-16-5-3-4-15(12-16)22-30-23-18(24(35)31-22)14-27-25(32-23)29-20-7-6-17(13-19(20)26)33-8-10-36-11-9-33/h2-7,12-14H,1,8-11H2,(H,28,34)(H2,27,29,30,31,32,35). The molecule has 1 fully saturated rings. The minimum Gasteiger partial charge on any atom is -0.378 e. The number of nitrogens with zero attached hydrogens (tertiary/aromatic N) is 4. The van der Waals surface area contributed by atoms with Crippen LogP contribution in [0.4, 0.5) is 27.4 Å². The average Bonchev–Trinajstić information content (AvgIpc) is 2.90. The van der Waals surface area contributed by atoms with E-state index in [0.717, 1.165) is 11.8 Å². The SMILES string of the molecule is C=CC(=O)Nc1cccc(-c2nc3nc(Nc4ccc(N5CCOCC5)cc4F)ncc3c(=O)[nH]2)c1. The van der Waals surface area contributed by atoms with Gasteiger partial charge in [0, 0.05) is 36.2 Å². The van der Waals surface area contributed by atoms with Gasteiger partial charge in [-0.3, -0.25) is 9.59 Å². The number of halogens is 1. The summed E-state index contributed by atoms with van der Waals surface area (Å²) in [6, 6.07) is 11.7. The molecule has 5 rings (SSSR count). The molecule has 1 aliphatic heterocycles. The van der Waals surface area contributed by atoms with Gasteiger partial charge < -0.3 is 25.3 Å². The van der Waals surface area contributed by atoms with Crippen molar-refractivity contribution in [1.82, 2.24) is 19.9 Å². The van der Waals surface area contributed by atoms with Gasteiger partial charge in [-0.25, -0.2) is 14.4 Å². The smallest absolute Gasteiger partial charge is 0.262 e. The first-order valence-electron chi connectivity index (χ1n) is 11.2. The van der Waals surface area contributed by atoms with Gasteiger partial charge >= 0.3 is 0 Å². The highest BCUT2D eigenvalue weighted by Gasteiger charge is 2.15. The van der Waals surface area contributed by atoms with Crippen LogP contribution in [0.15, 0.2) is 66.1 Å². The average molecular weight is 487 g/mol. The van der Waals surface area contributed by atoms with Crippen molar-refractivity contribution in [3.8, 4) is 11.4 Å². The number of nitrogens with one attached hydrogen (secondary N) is 3. The molecule has 10 nitrogen and oxygen atoms in total. The van der Waals surface area contributed by atoms with Crippen molar-refractivity contribution in [3.05, 3.63) is 77.5 Å². The fraction of sp³-hybridized carbons (Fsp3) is 0.160. The summed E-state index contributed by atoms with van der Waals surface area (Å²) in [6.07, 6.45) is 2.49. The van der Waals surface area contributed by atoms with Gasteiger partial charge in [0.05, 0.1) is 18.9 Å². The van der Waals surface area contributed by atoms with Crippen molar-refractivity contribution in [2.24, 2.45) is 0 Å². The van der Waals surface area contributed by atoms with E-state index < -0.39 is 11.4 Å². The van der Waals surface area contributed by atoms with Crippen LogP contribution < -0.4 is 21.1 Å². The minimum atomic E-state index is -0.458. The molecule has 0 unspecified atom stereocenters. The Morgan fingerprint density at radius 1 is 1.17 bits per heavy atom.